The van der Waals surface area contributed by atoms with Gasteiger partial charge in [0.05, 0.1) is 17.0 Å². The van der Waals surface area contributed by atoms with Gasteiger partial charge in [-0.25, -0.2) is 9.18 Å². The summed E-state index contributed by atoms with van der Waals surface area (Å²) in [5.41, 5.74) is 0.127. The Morgan fingerprint density at radius 2 is 1.86 bits per heavy atom. The number of nitrogens with one attached hydrogen (secondary N) is 2. The van der Waals surface area contributed by atoms with Crippen LogP contribution in [0.2, 0.25) is 5.02 Å². The molecule has 0 heterocycles. The summed E-state index contributed by atoms with van der Waals surface area (Å²) in [6, 6.07) is 10.3. The molecule has 2 aromatic rings. The third-order valence-electron chi connectivity index (χ3n) is 3.45. The predicted molar refractivity (Wildman–Crippen MR) is 111 cm³/mol. The van der Waals surface area contributed by atoms with Gasteiger partial charge in [-0.15, -0.1) is 11.8 Å². The molecular formula is C20H20ClFN2O4S. The monoisotopic (exact) mass is 438 g/mol. The number of benzene rings is 2. The van der Waals surface area contributed by atoms with Gasteiger partial charge in [-0.05, 0) is 44.2 Å². The topological polar surface area (TPSA) is 84.5 Å². The molecule has 6 nitrogen and oxygen atoms in total. The Labute approximate surface area is 177 Å². The molecule has 0 bridgehead atoms. The van der Waals surface area contributed by atoms with Gasteiger partial charge in [0.2, 0.25) is 5.91 Å². The number of amides is 2. The SMILES string of the molecule is CC(C)NC(=O)CSc1ccccc1C(=O)OCC(=O)Nc1cc(Cl)ccc1F. The Bertz CT molecular complexity index is 908. The molecule has 0 spiro atoms. The molecule has 2 aromatic carbocycles. The van der Waals surface area contributed by atoms with E-state index in [0.29, 0.717) is 4.90 Å². The molecule has 0 unspecified atom stereocenters. The fourth-order valence-corrected chi connectivity index (χ4v) is 3.28. The van der Waals surface area contributed by atoms with E-state index >= 15 is 0 Å². The standard InChI is InChI=1S/C20H20ClFN2O4S/c1-12(2)23-19(26)11-29-17-6-4-3-5-14(17)20(27)28-10-18(25)24-16-9-13(21)7-8-15(16)22/h3-9,12H,10-11H2,1-2H3,(H,23,26)(H,24,25). The van der Waals surface area contributed by atoms with E-state index in [1.807, 2.05) is 13.8 Å². The number of esters is 1. The Hall–Kier alpha value is -2.58. The second kappa shape index (κ2) is 10.8. The average molecular weight is 439 g/mol. The molecule has 0 saturated heterocycles. The number of ether oxygens (including phenoxy) is 1. The number of thioether (sulfide) groups is 1. The van der Waals surface area contributed by atoms with E-state index in [0.717, 1.165) is 6.07 Å². The summed E-state index contributed by atoms with van der Waals surface area (Å²) in [7, 11) is 0. The Morgan fingerprint density at radius 1 is 1.14 bits per heavy atom. The van der Waals surface area contributed by atoms with E-state index in [2.05, 4.69) is 10.6 Å². The molecule has 2 N–H and O–H groups in total. The molecule has 9 heteroatoms. The van der Waals surface area contributed by atoms with Crippen LogP contribution in [0, 0.1) is 5.82 Å². The Balaban J connectivity index is 1.94. The van der Waals surface area contributed by atoms with E-state index in [1.165, 1.54) is 23.9 Å². The molecule has 2 rings (SSSR count). The molecule has 0 aliphatic rings. The molecule has 2 amide bonds. The van der Waals surface area contributed by atoms with Crippen LogP contribution in [0.25, 0.3) is 0 Å². The van der Waals surface area contributed by atoms with Gasteiger partial charge >= 0.3 is 5.97 Å². The smallest absolute Gasteiger partial charge is 0.339 e. The van der Waals surface area contributed by atoms with E-state index in [4.69, 9.17) is 16.3 Å². The lowest BCUT2D eigenvalue weighted by Gasteiger charge is -2.11. The normalized spacial score (nSPS) is 10.5. The lowest BCUT2D eigenvalue weighted by molar-refractivity contribution is -0.119. The fraction of sp³-hybridized carbons (Fsp3) is 0.250. The van der Waals surface area contributed by atoms with E-state index in [-0.39, 0.29) is 34.0 Å². The van der Waals surface area contributed by atoms with Crippen LogP contribution in [-0.4, -0.2) is 36.2 Å². The molecule has 0 radical (unpaired) electrons. The molecular weight excluding hydrogens is 419 g/mol. The number of rotatable bonds is 8. The quantitative estimate of drug-likeness (QED) is 0.482. The van der Waals surface area contributed by atoms with Gasteiger partial charge in [-0.3, -0.25) is 9.59 Å². The maximum Gasteiger partial charge on any atom is 0.339 e. The minimum atomic E-state index is -0.723. The summed E-state index contributed by atoms with van der Waals surface area (Å²) in [5.74, 6) is -2.11. The fourth-order valence-electron chi connectivity index (χ4n) is 2.26. The first-order valence-corrected chi connectivity index (χ1v) is 10.1. The van der Waals surface area contributed by atoms with E-state index in [1.54, 1.807) is 24.3 Å². The van der Waals surface area contributed by atoms with Crippen molar-refractivity contribution in [3.8, 4) is 0 Å². The summed E-state index contributed by atoms with van der Waals surface area (Å²) >= 11 is 6.96. The average Bonchev–Trinajstić information content (AvgIpc) is 2.67. The number of halogens is 2. The van der Waals surface area contributed by atoms with Crippen LogP contribution in [0.1, 0.15) is 24.2 Å². The molecule has 0 atom stereocenters. The summed E-state index contributed by atoms with van der Waals surface area (Å²) in [4.78, 5) is 36.7. The summed E-state index contributed by atoms with van der Waals surface area (Å²) < 4.78 is 18.7. The number of hydrogen-bond acceptors (Lipinski definition) is 5. The third-order valence-corrected chi connectivity index (χ3v) is 4.76. The summed E-state index contributed by atoms with van der Waals surface area (Å²) in [6.45, 7) is 3.11. The van der Waals surface area contributed by atoms with Crippen LogP contribution in [0.3, 0.4) is 0 Å². The first-order chi connectivity index (χ1) is 13.8. The van der Waals surface area contributed by atoms with Crippen molar-refractivity contribution in [2.24, 2.45) is 0 Å². The lowest BCUT2D eigenvalue weighted by atomic mass is 10.2. The van der Waals surface area contributed by atoms with Crippen LogP contribution < -0.4 is 10.6 Å². The number of anilines is 1. The molecule has 29 heavy (non-hydrogen) atoms. The minimum Gasteiger partial charge on any atom is -0.452 e. The highest BCUT2D eigenvalue weighted by molar-refractivity contribution is 8.00. The van der Waals surface area contributed by atoms with Crippen molar-refractivity contribution in [3.05, 3.63) is 58.9 Å². The van der Waals surface area contributed by atoms with Crippen molar-refractivity contribution in [1.29, 1.82) is 0 Å². The van der Waals surface area contributed by atoms with Crippen molar-refractivity contribution in [3.63, 3.8) is 0 Å². The predicted octanol–water partition coefficient (Wildman–Crippen LogP) is 3.89. The van der Waals surface area contributed by atoms with Gasteiger partial charge in [0.1, 0.15) is 5.82 Å². The molecule has 0 aliphatic heterocycles. The zero-order valence-electron chi connectivity index (χ0n) is 15.8. The zero-order chi connectivity index (χ0) is 21.4. The number of hydrogen-bond donors (Lipinski definition) is 2. The van der Waals surface area contributed by atoms with Crippen molar-refractivity contribution in [2.45, 2.75) is 24.8 Å². The van der Waals surface area contributed by atoms with Crippen molar-refractivity contribution in [2.75, 3.05) is 17.7 Å². The van der Waals surface area contributed by atoms with Crippen molar-refractivity contribution < 1.29 is 23.5 Å². The summed E-state index contributed by atoms with van der Waals surface area (Å²) in [5, 5.41) is 5.32. The maximum atomic E-state index is 13.7. The minimum absolute atomic E-state index is 0.0196. The van der Waals surface area contributed by atoms with E-state index in [9.17, 15) is 18.8 Å². The van der Waals surface area contributed by atoms with Crippen molar-refractivity contribution >= 4 is 46.8 Å². The lowest BCUT2D eigenvalue weighted by Crippen LogP contribution is -2.31. The summed E-state index contributed by atoms with van der Waals surface area (Å²) in [6.07, 6.45) is 0. The number of carbonyl (C=O) groups excluding carboxylic acids is 3. The Morgan fingerprint density at radius 3 is 2.59 bits per heavy atom. The third kappa shape index (κ3) is 7.40. The van der Waals surface area contributed by atoms with Gasteiger partial charge in [0.25, 0.3) is 5.91 Å². The van der Waals surface area contributed by atoms with Crippen LogP contribution in [0.15, 0.2) is 47.4 Å². The van der Waals surface area contributed by atoms with Crippen molar-refractivity contribution in [1.82, 2.24) is 5.32 Å². The van der Waals surface area contributed by atoms with Gasteiger partial charge in [0, 0.05) is 16.0 Å². The largest absolute Gasteiger partial charge is 0.452 e. The zero-order valence-corrected chi connectivity index (χ0v) is 17.4. The van der Waals surface area contributed by atoms with E-state index < -0.39 is 24.3 Å². The highest BCUT2D eigenvalue weighted by atomic mass is 35.5. The molecule has 0 fully saturated rings. The molecule has 0 aliphatic carbocycles. The Kier molecular flexibility index (Phi) is 8.48. The first kappa shape index (κ1) is 22.7. The van der Waals surface area contributed by atoms with Crippen LogP contribution >= 0.6 is 23.4 Å². The second-order valence-electron chi connectivity index (χ2n) is 6.26. The van der Waals surface area contributed by atoms with Crippen LogP contribution in [0.5, 0.6) is 0 Å². The highest BCUT2D eigenvalue weighted by Gasteiger charge is 2.16. The second-order valence-corrected chi connectivity index (χ2v) is 7.71. The van der Waals surface area contributed by atoms with Gasteiger partial charge in [0.15, 0.2) is 6.61 Å². The number of carbonyl (C=O) groups is 3. The van der Waals surface area contributed by atoms with Gasteiger partial charge in [-0.1, -0.05) is 23.7 Å². The van der Waals surface area contributed by atoms with Crippen LogP contribution in [-0.2, 0) is 14.3 Å². The first-order valence-electron chi connectivity index (χ1n) is 8.69. The molecule has 0 aromatic heterocycles. The molecule has 154 valence electrons. The van der Waals surface area contributed by atoms with Gasteiger partial charge in [-0.2, -0.15) is 0 Å². The van der Waals surface area contributed by atoms with Crippen LogP contribution in [0.4, 0.5) is 10.1 Å². The van der Waals surface area contributed by atoms with Gasteiger partial charge < -0.3 is 15.4 Å². The molecule has 0 saturated carbocycles. The maximum absolute atomic E-state index is 13.7. The highest BCUT2D eigenvalue weighted by Crippen LogP contribution is 2.23.